The highest BCUT2D eigenvalue weighted by molar-refractivity contribution is 5.73. The van der Waals surface area contributed by atoms with E-state index in [-0.39, 0.29) is 12.0 Å². The average molecular weight is 512 g/mol. The lowest BCUT2D eigenvalue weighted by Crippen LogP contribution is -2.25. The van der Waals surface area contributed by atoms with Crippen LogP contribution in [0.4, 0.5) is 29.5 Å². The van der Waals surface area contributed by atoms with Crippen LogP contribution in [-0.4, -0.2) is 58.0 Å². The van der Waals surface area contributed by atoms with Crippen LogP contribution in [0.5, 0.6) is 0 Å². The monoisotopic (exact) mass is 511 g/mol. The normalized spacial score (nSPS) is 11.4. The summed E-state index contributed by atoms with van der Waals surface area (Å²) in [5, 5.41) is 13.3. The Morgan fingerprint density at radius 1 is 1.11 bits per heavy atom. The van der Waals surface area contributed by atoms with E-state index in [9.17, 15) is 18.0 Å². The zero-order chi connectivity index (χ0) is 26.9. The number of aliphatic carboxylic acids is 1. The molecule has 0 radical (unpaired) electrons. The lowest BCUT2D eigenvalue weighted by atomic mass is 9.92. The Kier molecular flexibility index (Phi) is 9.61. The number of hydrogen-bond acceptors (Lipinski definition) is 7. The topological polar surface area (TPSA) is 127 Å². The van der Waals surface area contributed by atoms with Gasteiger partial charge in [-0.1, -0.05) is 32.9 Å². The highest BCUT2D eigenvalue weighted by Gasteiger charge is 2.38. The first-order chi connectivity index (χ1) is 16.8. The van der Waals surface area contributed by atoms with Crippen molar-refractivity contribution in [1.29, 1.82) is 0 Å². The van der Waals surface area contributed by atoms with Gasteiger partial charge in [0.15, 0.2) is 5.65 Å². The molecule has 36 heavy (non-hydrogen) atoms. The van der Waals surface area contributed by atoms with E-state index >= 15 is 0 Å². The Morgan fingerprint density at radius 2 is 1.75 bits per heavy atom. The fourth-order valence-corrected chi connectivity index (χ4v) is 2.83. The third kappa shape index (κ3) is 8.41. The number of carbonyl (C=O) groups excluding carboxylic acids is 1. The molecule has 3 aromatic rings. The molecule has 10 nitrogen and oxygen atoms in total. The first-order valence-corrected chi connectivity index (χ1v) is 10.7. The Labute approximate surface area is 205 Å². The van der Waals surface area contributed by atoms with Crippen molar-refractivity contribution in [1.82, 2.24) is 19.7 Å². The van der Waals surface area contributed by atoms with Gasteiger partial charge in [0.1, 0.15) is 12.4 Å². The molecule has 1 amide bonds. The molecule has 2 aromatic heterocycles. The maximum absolute atomic E-state index is 11.6. The number of halogens is 3. The first-order valence-electron chi connectivity index (χ1n) is 10.7. The van der Waals surface area contributed by atoms with Crippen LogP contribution in [0.1, 0.15) is 32.0 Å². The molecule has 0 aliphatic carbocycles. The summed E-state index contributed by atoms with van der Waals surface area (Å²) in [4.78, 5) is 29.4. The van der Waals surface area contributed by atoms with Gasteiger partial charge in [-0.15, -0.1) is 0 Å². The third-order valence-electron chi connectivity index (χ3n) is 4.56. The molecular formula is C23H28F3N5O5. The molecule has 0 fully saturated rings. The number of imidazole rings is 1. The van der Waals surface area contributed by atoms with E-state index in [0.717, 1.165) is 28.4 Å². The van der Waals surface area contributed by atoms with E-state index in [0.29, 0.717) is 13.2 Å². The molecule has 0 saturated carbocycles. The molecule has 3 N–H and O–H groups in total. The quantitative estimate of drug-likeness (QED) is 0.401. The maximum Gasteiger partial charge on any atom is 0.490 e. The van der Waals surface area contributed by atoms with Gasteiger partial charge in [0.2, 0.25) is 0 Å². The molecule has 0 aliphatic rings. The van der Waals surface area contributed by atoms with Crippen molar-refractivity contribution < 1.29 is 37.3 Å². The van der Waals surface area contributed by atoms with E-state index in [1.165, 1.54) is 0 Å². The highest BCUT2D eigenvalue weighted by Crippen LogP contribution is 2.31. The fraction of sp³-hybridized carbons (Fsp3) is 0.391. The number of hydrogen-bond donors (Lipinski definition) is 3. The molecule has 0 unspecified atom stereocenters. The number of fused-ring (bicyclic) bond motifs is 1. The van der Waals surface area contributed by atoms with Crippen molar-refractivity contribution in [2.75, 3.05) is 25.6 Å². The van der Waals surface area contributed by atoms with Crippen molar-refractivity contribution in [3.05, 3.63) is 54.1 Å². The van der Waals surface area contributed by atoms with Crippen LogP contribution in [0.2, 0.25) is 0 Å². The lowest BCUT2D eigenvalue weighted by Gasteiger charge is -2.18. The molecule has 2 heterocycles. The van der Waals surface area contributed by atoms with Gasteiger partial charge in [0.05, 0.1) is 18.5 Å². The van der Waals surface area contributed by atoms with Crippen LogP contribution in [0.25, 0.3) is 5.65 Å². The van der Waals surface area contributed by atoms with Crippen molar-refractivity contribution in [3.8, 4) is 0 Å². The van der Waals surface area contributed by atoms with Gasteiger partial charge in [0.25, 0.3) is 0 Å². The first kappa shape index (κ1) is 28.4. The Bertz CT molecular complexity index is 1160. The van der Waals surface area contributed by atoms with E-state index in [4.69, 9.17) is 24.4 Å². The lowest BCUT2D eigenvalue weighted by molar-refractivity contribution is -0.192. The van der Waals surface area contributed by atoms with Gasteiger partial charge in [-0.2, -0.15) is 13.2 Å². The summed E-state index contributed by atoms with van der Waals surface area (Å²) in [5.74, 6) is -1.84. The van der Waals surface area contributed by atoms with Crippen LogP contribution in [0.15, 0.2) is 42.9 Å². The van der Waals surface area contributed by atoms with Gasteiger partial charge in [-0.05, 0) is 17.7 Å². The Balaban J connectivity index is 0.000000572. The molecule has 1 aromatic carbocycles. The highest BCUT2D eigenvalue weighted by atomic mass is 19.4. The van der Waals surface area contributed by atoms with Gasteiger partial charge >= 0.3 is 18.2 Å². The van der Waals surface area contributed by atoms with E-state index in [2.05, 4.69) is 36.4 Å². The SMILES string of the molecule is COCCOC(=O)NCc1ccc(Nc2c(C(C)(C)C)nc3cnccn23)cc1.O=C(O)C(F)(F)F. The predicted octanol–water partition coefficient (Wildman–Crippen LogP) is 4.28. The van der Waals surface area contributed by atoms with Gasteiger partial charge in [-0.25, -0.2) is 14.6 Å². The van der Waals surface area contributed by atoms with E-state index < -0.39 is 18.2 Å². The summed E-state index contributed by atoms with van der Waals surface area (Å²) in [6, 6.07) is 7.86. The van der Waals surface area contributed by atoms with Crippen LogP contribution in [0.3, 0.4) is 0 Å². The Morgan fingerprint density at radius 3 is 2.31 bits per heavy atom. The standard InChI is InChI=1S/C21H27N5O3.C2HF3O2/c1-21(2,3)18-19(26-10-9-22-14-17(26)25-18)24-16-7-5-15(6-8-16)13-23-20(27)29-12-11-28-4;3-2(4,5)1(6)7/h5-10,14,24H,11-13H2,1-4H3,(H,23,27);(H,6,7). The largest absolute Gasteiger partial charge is 0.490 e. The van der Waals surface area contributed by atoms with Gasteiger partial charge < -0.3 is 25.2 Å². The second-order valence-electron chi connectivity index (χ2n) is 8.47. The molecule has 13 heteroatoms. The summed E-state index contributed by atoms with van der Waals surface area (Å²) in [7, 11) is 1.56. The number of rotatable bonds is 7. The number of anilines is 2. The van der Waals surface area contributed by atoms with E-state index in [1.807, 2.05) is 34.9 Å². The summed E-state index contributed by atoms with van der Waals surface area (Å²) in [6.45, 7) is 7.40. The van der Waals surface area contributed by atoms with Crippen molar-refractivity contribution >= 4 is 29.2 Å². The second kappa shape index (κ2) is 12.2. The minimum absolute atomic E-state index is 0.124. The van der Waals surface area contributed by atoms with E-state index in [1.54, 1.807) is 19.5 Å². The minimum atomic E-state index is -5.08. The second-order valence-corrected chi connectivity index (χ2v) is 8.47. The predicted molar refractivity (Wildman–Crippen MR) is 125 cm³/mol. The average Bonchev–Trinajstić information content (AvgIpc) is 3.18. The van der Waals surface area contributed by atoms with Crippen LogP contribution >= 0.6 is 0 Å². The van der Waals surface area contributed by atoms with Crippen molar-refractivity contribution in [2.45, 2.75) is 38.9 Å². The minimum Gasteiger partial charge on any atom is -0.475 e. The van der Waals surface area contributed by atoms with Gasteiger partial charge in [-0.3, -0.25) is 9.38 Å². The molecule has 3 rings (SSSR count). The number of aromatic nitrogens is 3. The number of alkyl carbamates (subject to hydrolysis) is 1. The van der Waals surface area contributed by atoms with Crippen molar-refractivity contribution in [2.24, 2.45) is 0 Å². The number of benzene rings is 1. The number of carbonyl (C=O) groups is 2. The molecule has 0 atom stereocenters. The smallest absolute Gasteiger partial charge is 0.475 e. The van der Waals surface area contributed by atoms with Crippen LogP contribution in [0, 0.1) is 0 Å². The Hall–Kier alpha value is -3.87. The number of ether oxygens (including phenoxy) is 2. The number of carboxylic acids is 1. The molecule has 0 saturated heterocycles. The third-order valence-corrected chi connectivity index (χ3v) is 4.56. The molecule has 0 bridgehead atoms. The maximum atomic E-state index is 11.6. The number of nitrogens with zero attached hydrogens (tertiary/aromatic N) is 3. The van der Waals surface area contributed by atoms with Crippen molar-refractivity contribution in [3.63, 3.8) is 0 Å². The number of amides is 1. The molecule has 196 valence electrons. The molecule has 0 aliphatic heterocycles. The number of methoxy groups -OCH3 is 1. The van der Waals surface area contributed by atoms with Crippen LogP contribution in [-0.2, 0) is 26.2 Å². The molecular weight excluding hydrogens is 483 g/mol. The van der Waals surface area contributed by atoms with Crippen LogP contribution < -0.4 is 10.6 Å². The zero-order valence-corrected chi connectivity index (χ0v) is 20.2. The fourth-order valence-electron chi connectivity index (χ4n) is 2.83. The number of carboxylic acid groups (broad SMARTS) is 1. The number of nitrogens with one attached hydrogen (secondary N) is 2. The summed E-state index contributed by atoms with van der Waals surface area (Å²) < 4.78 is 43.6. The zero-order valence-electron chi connectivity index (χ0n) is 20.2. The molecule has 0 spiro atoms. The van der Waals surface area contributed by atoms with Gasteiger partial charge in [0, 0.05) is 37.2 Å². The number of alkyl halides is 3. The summed E-state index contributed by atoms with van der Waals surface area (Å²) in [6.07, 6.45) is -0.153. The summed E-state index contributed by atoms with van der Waals surface area (Å²) in [5.41, 5.74) is 3.54. The summed E-state index contributed by atoms with van der Waals surface area (Å²) >= 11 is 0.